The van der Waals surface area contributed by atoms with Gasteiger partial charge in [0.15, 0.2) is 0 Å². The molecule has 0 bridgehead atoms. The van der Waals surface area contributed by atoms with Gasteiger partial charge in [-0.15, -0.1) is 0 Å². The highest BCUT2D eigenvalue weighted by Gasteiger charge is 2.42. The maximum absolute atomic E-state index is 12.4. The van der Waals surface area contributed by atoms with Gasteiger partial charge in [0.05, 0.1) is 6.10 Å². The van der Waals surface area contributed by atoms with Gasteiger partial charge in [0.2, 0.25) is 5.91 Å². The summed E-state index contributed by atoms with van der Waals surface area (Å²) in [6.07, 6.45) is 6.53. The zero-order chi connectivity index (χ0) is 15.4. The molecular formula is C18H25NO3. The predicted molar refractivity (Wildman–Crippen MR) is 86.1 cm³/mol. The molecule has 120 valence electrons. The molecule has 1 aliphatic heterocycles. The molecule has 22 heavy (non-hydrogen) atoms. The summed E-state index contributed by atoms with van der Waals surface area (Å²) in [4.78, 5) is 12.4. The van der Waals surface area contributed by atoms with Crippen molar-refractivity contribution in [1.82, 2.24) is 0 Å². The highest BCUT2D eigenvalue weighted by atomic mass is 16.5. The van der Waals surface area contributed by atoms with Gasteiger partial charge in [0.25, 0.3) is 0 Å². The van der Waals surface area contributed by atoms with E-state index in [-0.39, 0.29) is 17.4 Å². The quantitative estimate of drug-likeness (QED) is 0.870. The number of ether oxygens (including phenoxy) is 2. The number of carbonyl (C=O) groups is 1. The Labute approximate surface area is 132 Å². The lowest BCUT2D eigenvalue weighted by Gasteiger charge is -2.39. The summed E-state index contributed by atoms with van der Waals surface area (Å²) in [5.74, 6) is 0.983. The molecule has 1 saturated carbocycles. The summed E-state index contributed by atoms with van der Waals surface area (Å²) in [7, 11) is 0. The number of rotatable bonds is 6. The lowest BCUT2D eigenvalue weighted by molar-refractivity contribution is -0.130. The first-order valence-corrected chi connectivity index (χ1v) is 8.38. The number of hydrogen-bond donors (Lipinski definition) is 1. The Kier molecular flexibility index (Phi) is 4.67. The molecule has 0 unspecified atom stereocenters. The molecule has 2 fully saturated rings. The molecule has 1 amide bonds. The largest absolute Gasteiger partial charge is 0.491 e. The number of carbonyl (C=O) groups excluding carboxylic acids is 1. The first kappa shape index (κ1) is 15.3. The van der Waals surface area contributed by atoms with Crippen LogP contribution in [0.3, 0.4) is 0 Å². The van der Waals surface area contributed by atoms with E-state index in [0.29, 0.717) is 6.61 Å². The number of nitrogens with one attached hydrogen (secondary N) is 1. The highest BCUT2D eigenvalue weighted by molar-refractivity contribution is 5.95. The molecule has 1 aromatic carbocycles. The van der Waals surface area contributed by atoms with Crippen LogP contribution in [0, 0.1) is 5.41 Å². The summed E-state index contributed by atoms with van der Waals surface area (Å²) >= 11 is 0. The van der Waals surface area contributed by atoms with Crippen LogP contribution in [0.1, 0.15) is 45.4 Å². The van der Waals surface area contributed by atoms with E-state index in [1.165, 1.54) is 0 Å². The van der Waals surface area contributed by atoms with Gasteiger partial charge < -0.3 is 14.8 Å². The third-order valence-corrected chi connectivity index (χ3v) is 5.04. The summed E-state index contributed by atoms with van der Waals surface area (Å²) in [6.45, 7) is 3.55. The molecule has 1 atom stereocenters. The Hall–Kier alpha value is -1.55. The minimum absolute atomic E-state index is 0.130. The van der Waals surface area contributed by atoms with Crippen LogP contribution in [0.5, 0.6) is 5.75 Å². The molecule has 4 heteroatoms. The summed E-state index contributed by atoms with van der Waals surface area (Å²) < 4.78 is 11.3. The van der Waals surface area contributed by atoms with E-state index in [4.69, 9.17) is 9.47 Å². The minimum Gasteiger partial charge on any atom is -0.491 e. The standard InChI is InChI=1S/C18H25NO3/c1-2-18(10-4-11-18)17(20)19-14-6-8-15(9-7-14)22-13-16-5-3-12-21-16/h6-9,16H,2-5,10-13H2,1H3,(H,19,20)/t16-/m1/s1. The fourth-order valence-electron chi connectivity index (χ4n) is 3.21. The Morgan fingerprint density at radius 2 is 2.09 bits per heavy atom. The second kappa shape index (κ2) is 6.69. The third kappa shape index (κ3) is 3.27. The molecule has 1 heterocycles. The van der Waals surface area contributed by atoms with Crippen molar-refractivity contribution in [3.8, 4) is 5.75 Å². The zero-order valence-corrected chi connectivity index (χ0v) is 13.3. The SMILES string of the molecule is CCC1(C(=O)Nc2ccc(OC[C@H]3CCCO3)cc2)CCC1. The van der Waals surface area contributed by atoms with E-state index in [1.807, 2.05) is 24.3 Å². The summed E-state index contributed by atoms with van der Waals surface area (Å²) in [6, 6.07) is 7.63. The van der Waals surface area contributed by atoms with Crippen molar-refractivity contribution < 1.29 is 14.3 Å². The van der Waals surface area contributed by atoms with Gasteiger partial charge in [-0.25, -0.2) is 0 Å². The van der Waals surface area contributed by atoms with Crippen LogP contribution >= 0.6 is 0 Å². The van der Waals surface area contributed by atoms with Crippen LogP contribution in [0.2, 0.25) is 0 Å². The lowest BCUT2D eigenvalue weighted by Crippen LogP contribution is -2.41. The maximum atomic E-state index is 12.4. The molecule has 4 nitrogen and oxygen atoms in total. The van der Waals surface area contributed by atoms with Crippen molar-refractivity contribution in [2.45, 2.75) is 51.6 Å². The van der Waals surface area contributed by atoms with Crippen LogP contribution in [-0.2, 0) is 9.53 Å². The van der Waals surface area contributed by atoms with Crippen molar-refractivity contribution in [3.05, 3.63) is 24.3 Å². The van der Waals surface area contributed by atoms with Crippen LogP contribution in [0.15, 0.2) is 24.3 Å². The molecule has 2 aliphatic rings. The molecule has 1 aliphatic carbocycles. The van der Waals surface area contributed by atoms with Gasteiger partial charge in [0.1, 0.15) is 12.4 Å². The fourth-order valence-corrected chi connectivity index (χ4v) is 3.21. The molecule has 0 spiro atoms. The molecule has 1 saturated heterocycles. The second-order valence-corrected chi connectivity index (χ2v) is 6.41. The van der Waals surface area contributed by atoms with Crippen LogP contribution in [0.25, 0.3) is 0 Å². The van der Waals surface area contributed by atoms with Crippen molar-refractivity contribution in [1.29, 1.82) is 0 Å². The van der Waals surface area contributed by atoms with Crippen molar-refractivity contribution in [2.24, 2.45) is 5.41 Å². The van der Waals surface area contributed by atoms with Crippen LogP contribution in [0.4, 0.5) is 5.69 Å². The average molecular weight is 303 g/mol. The van der Waals surface area contributed by atoms with Gasteiger partial charge in [-0.1, -0.05) is 13.3 Å². The zero-order valence-electron chi connectivity index (χ0n) is 13.3. The molecule has 1 N–H and O–H groups in total. The van der Waals surface area contributed by atoms with Crippen LogP contribution in [-0.4, -0.2) is 25.2 Å². The van der Waals surface area contributed by atoms with Gasteiger partial charge in [-0.2, -0.15) is 0 Å². The Bertz CT molecular complexity index is 496. The number of hydrogen-bond acceptors (Lipinski definition) is 3. The minimum atomic E-state index is -0.130. The van der Waals surface area contributed by atoms with E-state index in [0.717, 1.165) is 56.6 Å². The second-order valence-electron chi connectivity index (χ2n) is 6.41. The molecule has 0 aromatic heterocycles. The topological polar surface area (TPSA) is 47.6 Å². The molecule has 0 radical (unpaired) electrons. The van der Waals surface area contributed by atoms with Crippen LogP contribution < -0.4 is 10.1 Å². The van der Waals surface area contributed by atoms with Crippen molar-refractivity contribution >= 4 is 11.6 Å². The molecule has 3 rings (SSSR count). The smallest absolute Gasteiger partial charge is 0.230 e. The van der Waals surface area contributed by atoms with Crippen molar-refractivity contribution in [3.63, 3.8) is 0 Å². The van der Waals surface area contributed by atoms with Gasteiger partial charge in [-0.05, 0) is 56.4 Å². The number of benzene rings is 1. The van der Waals surface area contributed by atoms with E-state index >= 15 is 0 Å². The monoisotopic (exact) mass is 303 g/mol. The normalized spacial score (nSPS) is 22.9. The van der Waals surface area contributed by atoms with Gasteiger partial charge in [-0.3, -0.25) is 4.79 Å². The number of anilines is 1. The Balaban J connectivity index is 1.51. The van der Waals surface area contributed by atoms with E-state index < -0.39 is 0 Å². The first-order chi connectivity index (χ1) is 10.7. The number of amides is 1. The predicted octanol–water partition coefficient (Wildman–Crippen LogP) is 3.76. The van der Waals surface area contributed by atoms with Gasteiger partial charge in [0, 0.05) is 17.7 Å². The molecule has 1 aromatic rings. The van der Waals surface area contributed by atoms with Crippen molar-refractivity contribution in [2.75, 3.05) is 18.5 Å². The van der Waals surface area contributed by atoms with E-state index in [1.54, 1.807) is 0 Å². The summed E-state index contributed by atoms with van der Waals surface area (Å²) in [5.41, 5.74) is 0.712. The third-order valence-electron chi connectivity index (χ3n) is 5.04. The van der Waals surface area contributed by atoms with E-state index in [9.17, 15) is 4.79 Å². The first-order valence-electron chi connectivity index (χ1n) is 8.38. The summed E-state index contributed by atoms with van der Waals surface area (Å²) in [5, 5.41) is 3.04. The fraction of sp³-hybridized carbons (Fsp3) is 0.611. The average Bonchev–Trinajstić information content (AvgIpc) is 2.99. The van der Waals surface area contributed by atoms with E-state index in [2.05, 4.69) is 12.2 Å². The highest BCUT2D eigenvalue weighted by Crippen LogP contribution is 2.44. The Morgan fingerprint density at radius 1 is 1.32 bits per heavy atom. The maximum Gasteiger partial charge on any atom is 0.230 e. The Morgan fingerprint density at radius 3 is 2.64 bits per heavy atom. The van der Waals surface area contributed by atoms with Gasteiger partial charge >= 0.3 is 0 Å². The lowest BCUT2D eigenvalue weighted by atomic mass is 9.66. The molecular weight excluding hydrogens is 278 g/mol.